The van der Waals surface area contributed by atoms with Crippen LogP contribution in [0, 0.1) is 0 Å². The zero-order valence-electron chi connectivity index (χ0n) is 19.0. The lowest BCUT2D eigenvalue weighted by molar-refractivity contribution is 0.148. The number of allylic oxidation sites excluding steroid dienone is 1. The quantitative estimate of drug-likeness (QED) is 0.582. The van der Waals surface area contributed by atoms with E-state index in [1.54, 1.807) is 12.3 Å². The van der Waals surface area contributed by atoms with Crippen molar-refractivity contribution in [1.82, 2.24) is 19.8 Å². The predicted octanol–water partition coefficient (Wildman–Crippen LogP) is 3.28. The van der Waals surface area contributed by atoms with Gasteiger partial charge in [0, 0.05) is 74.5 Å². The Balaban J connectivity index is 1.35. The fourth-order valence-electron chi connectivity index (χ4n) is 4.45. The normalized spacial score (nSPS) is 17.1. The van der Waals surface area contributed by atoms with Crippen molar-refractivity contribution in [2.45, 2.75) is 18.0 Å². The highest BCUT2D eigenvalue weighted by Gasteiger charge is 2.19. The van der Waals surface area contributed by atoms with Crippen molar-refractivity contribution >= 4 is 15.4 Å². The summed E-state index contributed by atoms with van der Waals surface area (Å²) in [5, 5.41) is 0.0913. The molecule has 5 rings (SSSR count). The standard InChI is InChI=1S/C26H28N4O2S/c1-29-11-13-30(14-12-29)18-19-3-5-20(6-4-19)22-15-24-23(8-9-25(24)27-17-22)21-7-10-26(28-16-21)33(2,31)32/h3-8,10,15-17H,9,11-14,18H2,1-2H3. The number of sulfone groups is 1. The number of pyridine rings is 2. The maximum absolute atomic E-state index is 11.7. The average Bonchev–Trinajstić information content (AvgIpc) is 3.24. The van der Waals surface area contributed by atoms with Crippen LogP contribution in [0.5, 0.6) is 0 Å². The number of hydrogen-bond donors (Lipinski definition) is 0. The van der Waals surface area contributed by atoms with E-state index in [1.807, 2.05) is 12.3 Å². The minimum absolute atomic E-state index is 0.0913. The van der Waals surface area contributed by atoms with Gasteiger partial charge in [-0.3, -0.25) is 9.88 Å². The maximum atomic E-state index is 11.7. The Bertz CT molecular complexity index is 1290. The molecule has 1 aromatic carbocycles. The van der Waals surface area contributed by atoms with Crippen molar-refractivity contribution in [3.05, 3.63) is 83.3 Å². The van der Waals surface area contributed by atoms with Gasteiger partial charge in [-0.25, -0.2) is 13.4 Å². The third-order valence-electron chi connectivity index (χ3n) is 6.48. The molecule has 3 aromatic rings. The zero-order valence-corrected chi connectivity index (χ0v) is 19.8. The number of aromatic nitrogens is 2. The van der Waals surface area contributed by atoms with E-state index in [-0.39, 0.29) is 5.03 Å². The van der Waals surface area contributed by atoms with Crippen LogP contribution in [0.15, 0.2) is 66.0 Å². The first-order valence-corrected chi connectivity index (χ1v) is 13.1. The predicted molar refractivity (Wildman–Crippen MR) is 131 cm³/mol. The Hall–Kier alpha value is -2.87. The van der Waals surface area contributed by atoms with Gasteiger partial charge < -0.3 is 4.90 Å². The first-order chi connectivity index (χ1) is 15.9. The van der Waals surface area contributed by atoms with E-state index in [1.165, 1.54) is 11.8 Å². The van der Waals surface area contributed by atoms with E-state index in [0.29, 0.717) is 0 Å². The second-order valence-electron chi connectivity index (χ2n) is 8.97. The van der Waals surface area contributed by atoms with Crippen LogP contribution in [0.1, 0.15) is 22.4 Å². The fraction of sp³-hybridized carbons (Fsp3) is 0.308. The number of benzene rings is 1. The monoisotopic (exact) mass is 460 g/mol. The number of rotatable bonds is 5. The Labute approximate surface area is 195 Å². The van der Waals surface area contributed by atoms with Crippen molar-refractivity contribution in [1.29, 1.82) is 0 Å². The molecule has 0 spiro atoms. The lowest BCUT2D eigenvalue weighted by Gasteiger charge is -2.32. The highest BCUT2D eigenvalue weighted by atomic mass is 32.2. The molecule has 2 aliphatic rings. The Kier molecular flexibility index (Phi) is 5.86. The molecule has 7 heteroatoms. The average molecular weight is 461 g/mol. The summed E-state index contributed by atoms with van der Waals surface area (Å²) in [7, 11) is -1.13. The van der Waals surface area contributed by atoms with Gasteiger partial charge in [0.1, 0.15) is 0 Å². The van der Waals surface area contributed by atoms with E-state index in [4.69, 9.17) is 4.98 Å². The van der Waals surface area contributed by atoms with Crippen LogP contribution < -0.4 is 0 Å². The molecule has 1 aliphatic carbocycles. The molecule has 0 bridgehead atoms. The summed E-state index contributed by atoms with van der Waals surface area (Å²) in [6, 6.07) is 14.4. The second kappa shape index (κ2) is 8.82. The third kappa shape index (κ3) is 4.76. The molecule has 1 saturated heterocycles. The first-order valence-electron chi connectivity index (χ1n) is 11.2. The van der Waals surface area contributed by atoms with Gasteiger partial charge in [0.15, 0.2) is 14.9 Å². The molecule has 0 atom stereocenters. The van der Waals surface area contributed by atoms with E-state index in [9.17, 15) is 8.42 Å². The number of likely N-dealkylation sites (N-methyl/N-ethyl adjacent to an activating group) is 1. The largest absolute Gasteiger partial charge is 0.304 e. The third-order valence-corrected chi connectivity index (χ3v) is 7.48. The maximum Gasteiger partial charge on any atom is 0.192 e. The minimum atomic E-state index is -3.31. The smallest absolute Gasteiger partial charge is 0.192 e. The SMILES string of the molecule is CN1CCN(Cc2ccc(-c3cnc4c(c3)C(c3ccc(S(C)(=O)=O)nc3)=CC4)cc2)CC1. The minimum Gasteiger partial charge on any atom is -0.304 e. The number of fused-ring (bicyclic) bond motifs is 1. The molecule has 170 valence electrons. The van der Waals surface area contributed by atoms with Crippen molar-refractivity contribution in [2.24, 2.45) is 0 Å². The van der Waals surface area contributed by atoms with Gasteiger partial charge in [0.05, 0.1) is 5.69 Å². The Morgan fingerprint density at radius 2 is 1.58 bits per heavy atom. The number of hydrogen-bond acceptors (Lipinski definition) is 6. The summed E-state index contributed by atoms with van der Waals surface area (Å²) in [6.07, 6.45) is 7.65. The molecule has 0 radical (unpaired) electrons. The molecular formula is C26H28N4O2S. The summed E-state index contributed by atoms with van der Waals surface area (Å²) in [5.74, 6) is 0. The summed E-state index contributed by atoms with van der Waals surface area (Å²) in [4.78, 5) is 13.7. The van der Waals surface area contributed by atoms with Crippen molar-refractivity contribution in [3.63, 3.8) is 0 Å². The van der Waals surface area contributed by atoms with Crippen molar-refractivity contribution in [2.75, 3.05) is 39.5 Å². The van der Waals surface area contributed by atoms with E-state index in [0.717, 1.165) is 72.7 Å². The molecule has 3 heterocycles. The van der Waals surface area contributed by atoms with Gasteiger partial charge >= 0.3 is 0 Å². The molecule has 33 heavy (non-hydrogen) atoms. The van der Waals surface area contributed by atoms with Crippen LogP contribution in [0.3, 0.4) is 0 Å². The van der Waals surface area contributed by atoms with Crippen LogP contribution in [-0.4, -0.2) is 67.7 Å². The molecule has 1 fully saturated rings. The van der Waals surface area contributed by atoms with Gasteiger partial charge in [0.2, 0.25) is 0 Å². The Morgan fingerprint density at radius 1 is 0.879 bits per heavy atom. The van der Waals surface area contributed by atoms with Crippen molar-refractivity contribution < 1.29 is 8.42 Å². The topological polar surface area (TPSA) is 66.4 Å². The zero-order chi connectivity index (χ0) is 23.0. The molecular weight excluding hydrogens is 432 g/mol. The van der Waals surface area contributed by atoms with Crippen LogP contribution in [0.25, 0.3) is 16.7 Å². The van der Waals surface area contributed by atoms with Crippen LogP contribution in [0.2, 0.25) is 0 Å². The van der Waals surface area contributed by atoms with E-state index in [2.05, 4.69) is 58.2 Å². The molecule has 0 N–H and O–H groups in total. The first kappa shape index (κ1) is 21.9. The van der Waals surface area contributed by atoms with Gasteiger partial charge in [-0.1, -0.05) is 30.3 Å². The lowest BCUT2D eigenvalue weighted by atomic mass is 9.98. The summed E-state index contributed by atoms with van der Waals surface area (Å²) in [6.45, 7) is 5.46. The fourth-order valence-corrected chi connectivity index (χ4v) is 5.01. The number of piperazine rings is 1. The number of nitrogens with zero attached hydrogens (tertiary/aromatic N) is 4. The molecule has 1 aliphatic heterocycles. The van der Waals surface area contributed by atoms with Crippen LogP contribution in [-0.2, 0) is 22.8 Å². The molecule has 0 saturated carbocycles. The summed E-state index contributed by atoms with van der Waals surface area (Å²) in [5.41, 5.74) is 7.63. The highest BCUT2D eigenvalue weighted by molar-refractivity contribution is 7.90. The van der Waals surface area contributed by atoms with Gasteiger partial charge in [-0.2, -0.15) is 0 Å². The summed E-state index contributed by atoms with van der Waals surface area (Å²) < 4.78 is 23.4. The highest BCUT2D eigenvalue weighted by Crippen LogP contribution is 2.34. The van der Waals surface area contributed by atoms with Crippen LogP contribution >= 0.6 is 0 Å². The molecule has 0 amide bonds. The van der Waals surface area contributed by atoms with Gasteiger partial charge in [0.25, 0.3) is 0 Å². The second-order valence-corrected chi connectivity index (χ2v) is 10.9. The van der Waals surface area contributed by atoms with Gasteiger partial charge in [-0.15, -0.1) is 0 Å². The molecule has 6 nitrogen and oxygen atoms in total. The van der Waals surface area contributed by atoms with Gasteiger partial charge in [-0.05, 0) is 41.9 Å². The summed E-state index contributed by atoms with van der Waals surface area (Å²) >= 11 is 0. The van der Waals surface area contributed by atoms with Crippen molar-refractivity contribution in [3.8, 4) is 11.1 Å². The van der Waals surface area contributed by atoms with E-state index < -0.39 is 9.84 Å². The Morgan fingerprint density at radius 3 is 2.24 bits per heavy atom. The molecule has 0 unspecified atom stereocenters. The van der Waals surface area contributed by atoms with E-state index >= 15 is 0 Å². The van der Waals surface area contributed by atoms with Crippen LogP contribution in [0.4, 0.5) is 0 Å². The molecule has 2 aromatic heterocycles. The lowest BCUT2D eigenvalue weighted by Crippen LogP contribution is -2.43.